The minimum Gasteiger partial charge on any atom is -0.349 e. The number of nitrogens with one attached hydrogen (secondary N) is 1. The molecular formula is C15H28ClNO. The maximum Gasteiger partial charge on any atom is 0.220 e. The molecule has 1 N–H and O–H groups in total. The number of carbonyl (C=O) groups excluding carboxylic acids is 1. The predicted molar refractivity (Wildman–Crippen MR) is 78.0 cm³/mol. The lowest BCUT2D eigenvalue weighted by Gasteiger charge is -2.31. The summed E-state index contributed by atoms with van der Waals surface area (Å²) >= 11 is 6.00. The summed E-state index contributed by atoms with van der Waals surface area (Å²) in [4.78, 5) is 12.0. The molecule has 1 amide bonds. The number of amides is 1. The van der Waals surface area contributed by atoms with Gasteiger partial charge in [-0.15, -0.1) is 11.6 Å². The van der Waals surface area contributed by atoms with Crippen molar-refractivity contribution < 1.29 is 4.79 Å². The topological polar surface area (TPSA) is 29.1 Å². The molecule has 2 nitrogen and oxygen atoms in total. The molecule has 0 heterocycles. The fraction of sp³-hybridized carbons (Fsp3) is 0.933. The summed E-state index contributed by atoms with van der Waals surface area (Å²) in [7, 11) is 0. The molecular weight excluding hydrogens is 246 g/mol. The minimum absolute atomic E-state index is 0.185. The molecule has 0 aromatic heterocycles. The Labute approximate surface area is 117 Å². The number of carbonyl (C=O) groups is 1. The van der Waals surface area contributed by atoms with E-state index in [1.807, 2.05) is 0 Å². The van der Waals surface area contributed by atoms with Gasteiger partial charge >= 0.3 is 0 Å². The quantitative estimate of drug-likeness (QED) is 0.690. The summed E-state index contributed by atoms with van der Waals surface area (Å²) in [6.07, 6.45) is 10.2. The minimum atomic E-state index is -0.189. The fourth-order valence-corrected chi connectivity index (χ4v) is 3.26. The lowest BCUT2D eigenvalue weighted by Crippen LogP contribution is -2.49. The second kappa shape index (κ2) is 8.04. The average Bonchev–Trinajstić information content (AvgIpc) is 2.44. The van der Waals surface area contributed by atoms with Crippen LogP contribution in [0.2, 0.25) is 0 Å². The number of hydrogen-bond acceptors (Lipinski definition) is 1. The van der Waals surface area contributed by atoms with Crippen LogP contribution >= 0.6 is 11.6 Å². The molecule has 0 saturated heterocycles. The molecule has 1 fully saturated rings. The van der Waals surface area contributed by atoms with E-state index in [9.17, 15) is 4.79 Å². The Balaban J connectivity index is 2.31. The van der Waals surface area contributed by atoms with E-state index in [0.717, 1.165) is 25.2 Å². The molecule has 1 aliphatic carbocycles. The third kappa shape index (κ3) is 4.79. The summed E-state index contributed by atoms with van der Waals surface area (Å²) in [5.74, 6) is 1.47. The van der Waals surface area contributed by atoms with Crippen LogP contribution in [0.4, 0.5) is 0 Å². The van der Waals surface area contributed by atoms with Crippen LogP contribution in [0.5, 0.6) is 0 Å². The lowest BCUT2D eigenvalue weighted by molar-refractivity contribution is -0.123. The standard InChI is InChI=1S/C15H28ClNO/c1-3-15(4-2,12-16)17-14(18)11-10-13-8-6-5-7-9-13/h13H,3-12H2,1-2H3,(H,17,18). The summed E-state index contributed by atoms with van der Waals surface area (Å²) in [5, 5.41) is 3.15. The van der Waals surface area contributed by atoms with Gasteiger partial charge in [0.25, 0.3) is 0 Å². The van der Waals surface area contributed by atoms with Crippen LogP contribution in [-0.4, -0.2) is 17.3 Å². The van der Waals surface area contributed by atoms with Gasteiger partial charge in [-0.25, -0.2) is 0 Å². The van der Waals surface area contributed by atoms with E-state index < -0.39 is 0 Å². The van der Waals surface area contributed by atoms with E-state index in [1.54, 1.807) is 0 Å². The number of rotatable bonds is 7. The van der Waals surface area contributed by atoms with Gasteiger partial charge in [-0.2, -0.15) is 0 Å². The number of halogens is 1. The third-order valence-corrected chi connectivity index (χ3v) is 5.03. The Morgan fingerprint density at radius 1 is 1.22 bits per heavy atom. The highest BCUT2D eigenvalue weighted by Gasteiger charge is 2.27. The van der Waals surface area contributed by atoms with Gasteiger partial charge in [-0.05, 0) is 25.2 Å². The summed E-state index contributed by atoms with van der Waals surface area (Å²) in [6, 6.07) is 0. The molecule has 0 bridgehead atoms. The Kier molecular flexibility index (Phi) is 7.06. The van der Waals surface area contributed by atoms with Gasteiger partial charge in [0.1, 0.15) is 0 Å². The smallest absolute Gasteiger partial charge is 0.220 e. The molecule has 0 aromatic rings. The van der Waals surface area contributed by atoms with Gasteiger partial charge in [-0.1, -0.05) is 46.0 Å². The second-order valence-electron chi connectivity index (χ2n) is 5.71. The van der Waals surface area contributed by atoms with Crippen molar-refractivity contribution in [2.45, 2.75) is 77.2 Å². The first-order chi connectivity index (χ1) is 8.65. The van der Waals surface area contributed by atoms with Gasteiger partial charge in [0.05, 0.1) is 5.54 Å². The second-order valence-corrected chi connectivity index (χ2v) is 5.98. The first kappa shape index (κ1) is 15.8. The van der Waals surface area contributed by atoms with Crippen molar-refractivity contribution in [1.29, 1.82) is 0 Å². The van der Waals surface area contributed by atoms with Gasteiger partial charge in [0, 0.05) is 12.3 Å². The van der Waals surface area contributed by atoms with Gasteiger partial charge in [0.2, 0.25) is 5.91 Å². The molecule has 0 spiro atoms. The molecule has 0 aromatic carbocycles. The summed E-state index contributed by atoms with van der Waals surface area (Å²) in [6.45, 7) is 4.18. The van der Waals surface area contributed by atoms with E-state index >= 15 is 0 Å². The first-order valence-electron chi connectivity index (χ1n) is 7.52. The Morgan fingerprint density at radius 3 is 2.33 bits per heavy atom. The first-order valence-corrected chi connectivity index (χ1v) is 8.06. The maximum atomic E-state index is 12.0. The highest BCUT2D eigenvalue weighted by molar-refractivity contribution is 6.18. The zero-order chi connectivity index (χ0) is 13.4. The summed E-state index contributed by atoms with van der Waals surface area (Å²) in [5.41, 5.74) is -0.189. The maximum absolute atomic E-state index is 12.0. The van der Waals surface area contributed by atoms with Crippen molar-refractivity contribution in [2.24, 2.45) is 5.92 Å². The molecule has 0 radical (unpaired) electrons. The van der Waals surface area contributed by atoms with Crippen LogP contribution in [0.1, 0.15) is 71.6 Å². The van der Waals surface area contributed by atoms with Crippen LogP contribution in [0.3, 0.4) is 0 Å². The highest BCUT2D eigenvalue weighted by atomic mass is 35.5. The zero-order valence-corrected chi connectivity index (χ0v) is 12.7. The molecule has 18 heavy (non-hydrogen) atoms. The van der Waals surface area contributed by atoms with E-state index in [4.69, 9.17) is 11.6 Å². The van der Waals surface area contributed by atoms with Crippen LogP contribution in [0, 0.1) is 5.92 Å². The normalized spacial score (nSPS) is 17.7. The summed E-state index contributed by atoms with van der Waals surface area (Å²) < 4.78 is 0. The highest BCUT2D eigenvalue weighted by Crippen LogP contribution is 2.27. The van der Waals surface area contributed by atoms with Gasteiger partial charge in [-0.3, -0.25) is 4.79 Å². The average molecular weight is 274 g/mol. The van der Waals surface area contributed by atoms with E-state index in [2.05, 4.69) is 19.2 Å². The van der Waals surface area contributed by atoms with Gasteiger partial charge in [0.15, 0.2) is 0 Å². The molecule has 0 unspecified atom stereocenters. The van der Waals surface area contributed by atoms with E-state index in [0.29, 0.717) is 12.3 Å². The predicted octanol–water partition coefficient (Wildman–Crippen LogP) is 4.26. The molecule has 3 heteroatoms. The van der Waals surface area contributed by atoms with Crippen LogP contribution in [-0.2, 0) is 4.79 Å². The monoisotopic (exact) mass is 273 g/mol. The Morgan fingerprint density at radius 2 is 1.83 bits per heavy atom. The number of hydrogen-bond donors (Lipinski definition) is 1. The van der Waals surface area contributed by atoms with E-state index in [1.165, 1.54) is 32.1 Å². The molecule has 1 rings (SSSR count). The molecule has 0 atom stereocenters. The molecule has 1 saturated carbocycles. The molecule has 106 valence electrons. The van der Waals surface area contributed by atoms with Crippen LogP contribution in [0.25, 0.3) is 0 Å². The van der Waals surface area contributed by atoms with E-state index in [-0.39, 0.29) is 11.4 Å². The Bertz CT molecular complexity index is 237. The molecule has 1 aliphatic rings. The zero-order valence-electron chi connectivity index (χ0n) is 11.9. The van der Waals surface area contributed by atoms with Crippen molar-refractivity contribution in [3.8, 4) is 0 Å². The lowest BCUT2D eigenvalue weighted by atomic mass is 9.86. The van der Waals surface area contributed by atoms with Gasteiger partial charge < -0.3 is 5.32 Å². The van der Waals surface area contributed by atoms with Crippen molar-refractivity contribution in [2.75, 3.05) is 5.88 Å². The SMILES string of the molecule is CCC(CC)(CCl)NC(=O)CCC1CCCCC1. The van der Waals surface area contributed by atoms with Crippen LogP contribution in [0.15, 0.2) is 0 Å². The molecule has 0 aliphatic heterocycles. The Hall–Kier alpha value is -0.240. The van der Waals surface area contributed by atoms with Crippen molar-refractivity contribution in [3.05, 3.63) is 0 Å². The van der Waals surface area contributed by atoms with Crippen molar-refractivity contribution >= 4 is 17.5 Å². The largest absolute Gasteiger partial charge is 0.349 e. The number of alkyl halides is 1. The third-order valence-electron chi connectivity index (χ3n) is 4.52. The fourth-order valence-electron chi connectivity index (χ4n) is 2.82. The van der Waals surface area contributed by atoms with Crippen molar-refractivity contribution in [1.82, 2.24) is 5.32 Å². The van der Waals surface area contributed by atoms with Crippen molar-refractivity contribution in [3.63, 3.8) is 0 Å². The van der Waals surface area contributed by atoms with Crippen LogP contribution < -0.4 is 5.32 Å².